The summed E-state index contributed by atoms with van der Waals surface area (Å²) < 4.78 is 1.16. The summed E-state index contributed by atoms with van der Waals surface area (Å²) in [4.78, 5) is 0. The number of fused-ring (bicyclic) bond motifs is 2. The highest BCUT2D eigenvalue weighted by Gasteiger charge is 2.50. The molecular formula is C26H33IN2. The maximum Gasteiger partial charge on any atom is 0.104 e. The van der Waals surface area contributed by atoms with Crippen LogP contribution in [0.4, 0.5) is 0 Å². The standard InChI is InChI=1S/C26H33N2.HI/c1-3-26(20-27,24-12-8-5-9-13-24)16-25-22-14-15-23(25)19-28(2,18-22)17-21-10-6-4-7-11-21;/h4-13,22-23,25H,3,14-19H2,1-2H3;1H/q+1;/p-1. The molecular weight excluding hydrogens is 467 g/mol. The molecule has 4 rings (SSSR count). The Morgan fingerprint density at radius 3 is 2.03 bits per heavy atom. The van der Waals surface area contributed by atoms with Crippen LogP contribution in [-0.4, -0.2) is 24.6 Å². The first-order valence-corrected chi connectivity index (χ1v) is 10.9. The van der Waals surface area contributed by atoms with Crippen LogP contribution in [-0.2, 0) is 12.0 Å². The molecule has 0 spiro atoms. The summed E-state index contributed by atoms with van der Waals surface area (Å²) in [7, 11) is 2.45. The van der Waals surface area contributed by atoms with E-state index < -0.39 is 0 Å². The van der Waals surface area contributed by atoms with E-state index in [9.17, 15) is 5.26 Å². The van der Waals surface area contributed by atoms with Crippen LogP contribution >= 0.6 is 0 Å². The summed E-state index contributed by atoms with van der Waals surface area (Å²) in [6.07, 6.45) is 4.63. The summed E-state index contributed by atoms with van der Waals surface area (Å²) in [5.74, 6) is 2.22. The minimum Gasteiger partial charge on any atom is -1.00 e. The van der Waals surface area contributed by atoms with Crippen molar-refractivity contribution in [2.24, 2.45) is 17.8 Å². The Hall–Kier alpha value is -1.38. The predicted molar refractivity (Wildman–Crippen MR) is 114 cm³/mol. The second kappa shape index (κ2) is 9.18. The monoisotopic (exact) mass is 500 g/mol. The molecule has 29 heavy (non-hydrogen) atoms. The van der Waals surface area contributed by atoms with Crippen molar-refractivity contribution in [2.75, 3.05) is 20.1 Å². The lowest BCUT2D eigenvalue weighted by Crippen LogP contribution is -3.00. The van der Waals surface area contributed by atoms with Crippen LogP contribution in [0, 0.1) is 29.1 Å². The summed E-state index contributed by atoms with van der Waals surface area (Å²) in [5, 5.41) is 10.2. The van der Waals surface area contributed by atoms with Crippen LogP contribution in [0.5, 0.6) is 0 Å². The lowest BCUT2D eigenvalue weighted by Gasteiger charge is -2.46. The zero-order valence-electron chi connectivity index (χ0n) is 17.7. The molecule has 154 valence electrons. The Kier molecular flexibility index (Phi) is 7.06. The lowest BCUT2D eigenvalue weighted by atomic mass is 9.68. The number of benzene rings is 2. The average molecular weight is 500 g/mol. The molecule has 2 aliphatic rings. The second-order valence-corrected chi connectivity index (χ2v) is 9.51. The third-order valence-corrected chi connectivity index (χ3v) is 7.61. The molecule has 1 aliphatic carbocycles. The minimum atomic E-state index is -0.326. The molecule has 3 unspecified atom stereocenters. The van der Waals surface area contributed by atoms with E-state index >= 15 is 0 Å². The van der Waals surface area contributed by atoms with Gasteiger partial charge in [0.2, 0.25) is 0 Å². The summed E-state index contributed by atoms with van der Waals surface area (Å²) in [6, 6.07) is 24.3. The zero-order valence-corrected chi connectivity index (χ0v) is 19.9. The number of nitrogens with zero attached hydrogens (tertiary/aromatic N) is 2. The molecule has 3 atom stereocenters. The molecule has 0 amide bonds. The number of nitriles is 1. The molecule has 3 heteroatoms. The second-order valence-electron chi connectivity index (χ2n) is 9.51. The van der Waals surface area contributed by atoms with Crippen molar-refractivity contribution in [1.29, 1.82) is 5.26 Å². The predicted octanol–water partition coefficient (Wildman–Crippen LogP) is 2.55. The summed E-state index contributed by atoms with van der Waals surface area (Å²) >= 11 is 0. The number of likely N-dealkylation sites (tertiary alicyclic amines) is 1. The molecule has 2 aromatic rings. The highest BCUT2D eigenvalue weighted by molar-refractivity contribution is 5.32. The Morgan fingerprint density at radius 2 is 1.52 bits per heavy atom. The van der Waals surface area contributed by atoms with Gasteiger partial charge in [-0.15, -0.1) is 0 Å². The molecule has 1 saturated heterocycles. The van der Waals surface area contributed by atoms with Crippen LogP contribution < -0.4 is 24.0 Å². The molecule has 2 fully saturated rings. The van der Waals surface area contributed by atoms with Crippen LogP contribution in [0.15, 0.2) is 60.7 Å². The molecule has 2 aromatic carbocycles. The van der Waals surface area contributed by atoms with E-state index in [0.29, 0.717) is 5.92 Å². The van der Waals surface area contributed by atoms with Gasteiger partial charge in [0.05, 0.1) is 31.6 Å². The van der Waals surface area contributed by atoms with Gasteiger partial charge in [-0.25, -0.2) is 0 Å². The fourth-order valence-corrected chi connectivity index (χ4v) is 6.20. The zero-order chi connectivity index (χ0) is 19.6. The number of quaternary nitrogens is 1. The SMILES string of the molecule is CCC(C#N)(CC1C2CCC1C[N+](C)(Cc1ccccc1)C2)c1ccccc1.[I-]. The topological polar surface area (TPSA) is 23.8 Å². The summed E-state index contributed by atoms with van der Waals surface area (Å²) in [5.41, 5.74) is 2.34. The molecule has 2 nitrogen and oxygen atoms in total. The van der Waals surface area contributed by atoms with Crippen molar-refractivity contribution in [3.05, 3.63) is 71.8 Å². The molecule has 1 aliphatic heterocycles. The Morgan fingerprint density at radius 1 is 0.966 bits per heavy atom. The van der Waals surface area contributed by atoms with E-state index in [-0.39, 0.29) is 29.4 Å². The fraction of sp³-hybridized carbons (Fsp3) is 0.500. The third-order valence-electron chi connectivity index (χ3n) is 7.61. The molecule has 0 aromatic heterocycles. The largest absolute Gasteiger partial charge is 1.00 e. The molecule has 2 bridgehead atoms. The highest BCUT2D eigenvalue weighted by Crippen LogP contribution is 2.50. The van der Waals surface area contributed by atoms with Crippen LogP contribution in [0.3, 0.4) is 0 Å². The van der Waals surface area contributed by atoms with Gasteiger partial charge in [-0.05, 0) is 37.2 Å². The van der Waals surface area contributed by atoms with E-state index in [4.69, 9.17) is 0 Å². The van der Waals surface area contributed by atoms with Gasteiger partial charge in [0.1, 0.15) is 6.54 Å². The average Bonchev–Trinajstić information content (AvgIpc) is 2.97. The van der Waals surface area contributed by atoms with E-state index in [0.717, 1.165) is 35.7 Å². The Balaban J connectivity index is 0.00000240. The van der Waals surface area contributed by atoms with Gasteiger partial charge < -0.3 is 28.5 Å². The van der Waals surface area contributed by atoms with Crippen molar-refractivity contribution in [1.82, 2.24) is 0 Å². The smallest absolute Gasteiger partial charge is 0.104 e. The number of hydrogen-bond acceptors (Lipinski definition) is 1. The van der Waals surface area contributed by atoms with E-state index in [1.165, 1.54) is 37.1 Å². The van der Waals surface area contributed by atoms with Crippen LogP contribution in [0.1, 0.15) is 43.7 Å². The van der Waals surface area contributed by atoms with E-state index in [1.54, 1.807) is 0 Å². The number of hydrogen-bond donors (Lipinski definition) is 0. The first-order valence-electron chi connectivity index (χ1n) is 10.9. The van der Waals surface area contributed by atoms with Crippen molar-refractivity contribution in [3.8, 4) is 6.07 Å². The maximum absolute atomic E-state index is 10.2. The molecule has 1 heterocycles. The van der Waals surface area contributed by atoms with Gasteiger partial charge in [0.25, 0.3) is 0 Å². The first-order chi connectivity index (χ1) is 13.6. The minimum absolute atomic E-state index is 0. The highest BCUT2D eigenvalue weighted by atomic mass is 127. The molecule has 0 radical (unpaired) electrons. The van der Waals surface area contributed by atoms with Crippen molar-refractivity contribution in [2.45, 2.75) is 44.6 Å². The Bertz CT molecular complexity index is 815. The lowest BCUT2D eigenvalue weighted by molar-refractivity contribution is -0.933. The van der Waals surface area contributed by atoms with Gasteiger partial charge in [-0.3, -0.25) is 0 Å². The van der Waals surface area contributed by atoms with Crippen LogP contribution in [0.25, 0.3) is 0 Å². The number of halogens is 1. The number of rotatable bonds is 6. The van der Waals surface area contributed by atoms with Crippen molar-refractivity contribution in [3.63, 3.8) is 0 Å². The third kappa shape index (κ3) is 4.54. The number of piperidine rings is 1. The summed E-state index contributed by atoms with van der Waals surface area (Å²) in [6.45, 7) is 5.85. The normalized spacial score (nSPS) is 30.0. The van der Waals surface area contributed by atoms with Crippen molar-refractivity contribution < 1.29 is 28.5 Å². The quantitative estimate of drug-likeness (QED) is 0.442. The van der Waals surface area contributed by atoms with E-state index in [2.05, 4.69) is 80.7 Å². The van der Waals surface area contributed by atoms with Gasteiger partial charge in [0.15, 0.2) is 0 Å². The Labute approximate surface area is 193 Å². The first kappa shape index (κ1) is 22.3. The molecule has 0 N–H and O–H groups in total. The van der Waals surface area contributed by atoms with Crippen molar-refractivity contribution >= 4 is 0 Å². The van der Waals surface area contributed by atoms with Crippen LogP contribution in [0.2, 0.25) is 0 Å². The van der Waals surface area contributed by atoms with E-state index in [1.807, 2.05) is 0 Å². The molecule has 1 saturated carbocycles. The fourth-order valence-electron chi connectivity index (χ4n) is 6.20. The van der Waals surface area contributed by atoms with Gasteiger partial charge in [-0.1, -0.05) is 67.6 Å². The van der Waals surface area contributed by atoms with Gasteiger partial charge >= 0.3 is 0 Å². The van der Waals surface area contributed by atoms with Gasteiger partial charge in [0, 0.05) is 17.4 Å². The maximum atomic E-state index is 10.2. The van der Waals surface area contributed by atoms with Gasteiger partial charge in [-0.2, -0.15) is 5.26 Å².